The number of amides is 2. The molecule has 10 nitrogen and oxygen atoms in total. The molecule has 1 aliphatic rings. The molecule has 1 aliphatic heterocycles. The van der Waals surface area contributed by atoms with Gasteiger partial charge in [0.05, 0.1) is 18.2 Å². The summed E-state index contributed by atoms with van der Waals surface area (Å²) in [5, 5.41) is 11.9. The maximum atomic E-state index is 12.9. The lowest BCUT2D eigenvalue weighted by Gasteiger charge is -2.32. The van der Waals surface area contributed by atoms with E-state index in [1.165, 1.54) is 29.2 Å². The number of carbonyl (C=O) groups excluding carboxylic acids is 2. The first-order valence-electron chi connectivity index (χ1n) is 11.8. The molecule has 4 rings (SSSR count). The number of imidazole rings is 1. The molecule has 1 atom stereocenters. The highest BCUT2D eigenvalue weighted by molar-refractivity contribution is 6.04. The van der Waals surface area contributed by atoms with E-state index in [0.29, 0.717) is 24.4 Å². The molecular formula is C25H24F3N5O5. The van der Waals surface area contributed by atoms with E-state index >= 15 is 0 Å². The average Bonchev–Trinajstić information content (AvgIpc) is 3.34. The number of carboxylic acid groups (broad SMARTS) is 1. The van der Waals surface area contributed by atoms with Gasteiger partial charge in [-0.15, -0.1) is 0 Å². The summed E-state index contributed by atoms with van der Waals surface area (Å²) in [5.41, 5.74) is -0.102. The minimum Gasteiger partial charge on any atom is -0.465 e. The van der Waals surface area contributed by atoms with Crippen molar-refractivity contribution in [3.8, 4) is 11.3 Å². The van der Waals surface area contributed by atoms with Crippen LogP contribution in [0.2, 0.25) is 0 Å². The third-order valence-electron chi connectivity index (χ3n) is 6.02. The fourth-order valence-corrected chi connectivity index (χ4v) is 4.20. The van der Waals surface area contributed by atoms with Gasteiger partial charge in [0.25, 0.3) is 5.91 Å². The number of aromatic nitrogens is 3. The molecule has 0 bridgehead atoms. The van der Waals surface area contributed by atoms with E-state index in [1.807, 2.05) is 0 Å². The Morgan fingerprint density at radius 3 is 2.58 bits per heavy atom. The van der Waals surface area contributed by atoms with E-state index in [-0.39, 0.29) is 29.4 Å². The normalized spacial score (nSPS) is 15.7. The highest BCUT2D eigenvalue weighted by atomic mass is 19.4. The van der Waals surface area contributed by atoms with E-state index in [4.69, 9.17) is 4.74 Å². The van der Waals surface area contributed by atoms with Crippen LogP contribution in [0.1, 0.15) is 64.5 Å². The van der Waals surface area contributed by atoms with Crippen molar-refractivity contribution in [1.29, 1.82) is 0 Å². The number of esters is 1. The van der Waals surface area contributed by atoms with Gasteiger partial charge < -0.3 is 20.1 Å². The van der Waals surface area contributed by atoms with Gasteiger partial charge in [0, 0.05) is 23.9 Å². The molecule has 0 unspecified atom stereocenters. The van der Waals surface area contributed by atoms with Crippen LogP contribution in [-0.4, -0.2) is 56.1 Å². The monoisotopic (exact) mass is 531 g/mol. The Morgan fingerprint density at radius 2 is 1.92 bits per heavy atom. The molecule has 1 saturated heterocycles. The van der Waals surface area contributed by atoms with Crippen molar-refractivity contribution >= 4 is 23.8 Å². The van der Waals surface area contributed by atoms with Crippen LogP contribution in [0.5, 0.6) is 0 Å². The lowest BCUT2D eigenvalue weighted by atomic mass is 10.0. The van der Waals surface area contributed by atoms with Gasteiger partial charge in [0.1, 0.15) is 17.3 Å². The Morgan fingerprint density at radius 1 is 1.18 bits per heavy atom. The highest BCUT2D eigenvalue weighted by Crippen LogP contribution is 2.33. The maximum Gasteiger partial charge on any atom is 0.416 e. The fourth-order valence-electron chi connectivity index (χ4n) is 4.20. The van der Waals surface area contributed by atoms with Crippen molar-refractivity contribution in [3.63, 3.8) is 0 Å². The minimum atomic E-state index is -4.58. The smallest absolute Gasteiger partial charge is 0.416 e. The molecule has 3 aromatic rings. The zero-order valence-electron chi connectivity index (χ0n) is 20.2. The number of halogens is 3. The predicted octanol–water partition coefficient (Wildman–Crippen LogP) is 5.12. The third kappa shape index (κ3) is 5.76. The van der Waals surface area contributed by atoms with Crippen molar-refractivity contribution < 1.29 is 37.4 Å². The summed E-state index contributed by atoms with van der Waals surface area (Å²) in [6.07, 6.45) is -2.67. The SMILES string of the molecule is CCOC(=O)c1[nH]c([C@@H]2CCCCN2C(=O)O)nc1-c1ccc(C(=O)Nc2cc(C(F)(F)F)ccn2)cc1. The summed E-state index contributed by atoms with van der Waals surface area (Å²) in [6.45, 7) is 2.10. The molecule has 38 heavy (non-hydrogen) atoms. The van der Waals surface area contributed by atoms with Crippen LogP contribution < -0.4 is 5.32 Å². The summed E-state index contributed by atoms with van der Waals surface area (Å²) in [4.78, 5) is 49.5. The second kappa shape index (κ2) is 10.9. The van der Waals surface area contributed by atoms with Gasteiger partial charge in [-0.2, -0.15) is 13.2 Å². The van der Waals surface area contributed by atoms with Crippen LogP contribution in [0.25, 0.3) is 11.3 Å². The van der Waals surface area contributed by atoms with Gasteiger partial charge >= 0.3 is 18.2 Å². The largest absolute Gasteiger partial charge is 0.465 e. The van der Waals surface area contributed by atoms with Gasteiger partial charge in [-0.25, -0.2) is 19.6 Å². The molecule has 200 valence electrons. The van der Waals surface area contributed by atoms with E-state index in [9.17, 15) is 32.7 Å². The quantitative estimate of drug-likeness (QED) is 0.375. The number of carbonyl (C=O) groups is 3. The molecule has 0 saturated carbocycles. The second-order valence-electron chi connectivity index (χ2n) is 8.51. The Balaban J connectivity index is 1.60. The van der Waals surface area contributed by atoms with E-state index in [2.05, 4.69) is 20.3 Å². The maximum absolute atomic E-state index is 12.9. The lowest BCUT2D eigenvalue weighted by Crippen LogP contribution is -2.38. The highest BCUT2D eigenvalue weighted by Gasteiger charge is 2.33. The molecule has 2 amide bonds. The molecule has 0 radical (unpaired) electrons. The van der Waals surface area contributed by atoms with Gasteiger partial charge in [0.15, 0.2) is 5.69 Å². The number of anilines is 1. The number of alkyl halides is 3. The van der Waals surface area contributed by atoms with Gasteiger partial charge in [-0.05, 0) is 50.5 Å². The van der Waals surface area contributed by atoms with E-state index in [0.717, 1.165) is 31.2 Å². The average molecular weight is 531 g/mol. The Bertz CT molecular complexity index is 1340. The predicted molar refractivity (Wildman–Crippen MR) is 128 cm³/mol. The van der Waals surface area contributed by atoms with E-state index < -0.39 is 35.8 Å². The molecule has 1 aromatic carbocycles. The van der Waals surface area contributed by atoms with Crippen LogP contribution >= 0.6 is 0 Å². The number of benzene rings is 1. The molecule has 3 N–H and O–H groups in total. The molecule has 2 aromatic heterocycles. The van der Waals surface area contributed by atoms with Crippen molar-refractivity contribution in [3.05, 3.63) is 65.2 Å². The summed E-state index contributed by atoms with van der Waals surface area (Å²) in [5.74, 6) is -1.30. The number of aromatic amines is 1. The first-order valence-corrected chi connectivity index (χ1v) is 11.8. The van der Waals surface area contributed by atoms with Crippen LogP contribution in [-0.2, 0) is 10.9 Å². The fraction of sp³-hybridized carbons (Fsp3) is 0.320. The van der Waals surface area contributed by atoms with Gasteiger partial charge in [0.2, 0.25) is 0 Å². The first kappa shape index (κ1) is 26.6. The standard InChI is InChI=1S/C25H24F3N5O5/c1-2-38-23(35)20-19(31-21(32-20)17-5-3-4-12-33(17)24(36)37)14-6-8-15(9-7-14)22(34)30-18-13-16(10-11-29-18)25(26,27)28/h6-11,13,17H,2-5,12H2,1H3,(H,31,32)(H,36,37)(H,29,30,34)/t17-/m0/s1. The summed E-state index contributed by atoms with van der Waals surface area (Å²) < 4.78 is 44.0. The number of nitrogens with zero attached hydrogens (tertiary/aromatic N) is 3. The van der Waals surface area contributed by atoms with Crippen LogP contribution in [0, 0.1) is 0 Å². The van der Waals surface area contributed by atoms with Crippen molar-refractivity contribution in [2.45, 2.75) is 38.4 Å². The summed E-state index contributed by atoms with van der Waals surface area (Å²) in [7, 11) is 0. The third-order valence-corrected chi connectivity index (χ3v) is 6.02. The van der Waals surface area contributed by atoms with E-state index in [1.54, 1.807) is 6.92 Å². The second-order valence-corrected chi connectivity index (χ2v) is 8.51. The van der Waals surface area contributed by atoms with Crippen molar-refractivity contribution in [2.75, 3.05) is 18.5 Å². The number of ether oxygens (including phenoxy) is 1. The van der Waals surface area contributed by atoms with Gasteiger partial charge in [-0.3, -0.25) is 9.69 Å². The number of hydrogen-bond donors (Lipinski definition) is 3. The van der Waals surface area contributed by atoms with Crippen LogP contribution in [0.3, 0.4) is 0 Å². The zero-order valence-corrected chi connectivity index (χ0v) is 20.2. The number of rotatable bonds is 6. The zero-order chi connectivity index (χ0) is 27.4. The van der Waals surface area contributed by atoms with Crippen molar-refractivity contribution in [2.24, 2.45) is 0 Å². The van der Waals surface area contributed by atoms with Crippen LogP contribution in [0.4, 0.5) is 23.8 Å². The summed E-state index contributed by atoms with van der Waals surface area (Å²) >= 11 is 0. The van der Waals surface area contributed by atoms with Crippen LogP contribution in [0.15, 0.2) is 42.6 Å². The number of H-pyrrole nitrogens is 1. The Hall–Kier alpha value is -4.42. The molecule has 3 heterocycles. The number of nitrogens with one attached hydrogen (secondary N) is 2. The molecule has 0 aliphatic carbocycles. The summed E-state index contributed by atoms with van der Waals surface area (Å²) in [6, 6.07) is 6.85. The number of likely N-dealkylation sites (tertiary alicyclic amines) is 1. The van der Waals surface area contributed by atoms with Crippen molar-refractivity contribution in [1.82, 2.24) is 19.9 Å². The van der Waals surface area contributed by atoms with Gasteiger partial charge in [-0.1, -0.05) is 12.1 Å². The molecule has 13 heteroatoms. The Kier molecular flexibility index (Phi) is 7.65. The minimum absolute atomic E-state index is 0.0446. The number of pyridine rings is 1. The molecule has 0 spiro atoms. The topological polar surface area (TPSA) is 138 Å². The molecule has 1 fully saturated rings. The molecular weight excluding hydrogens is 507 g/mol. The lowest BCUT2D eigenvalue weighted by molar-refractivity contribution is -0.137. The Labute approximate surface area is 214 Å². The first-order chi connectivity index (χ1) is 18.1. The number of piperidine rings is 1. The number of hydrogen-bond acceptors (Lipinski definition) is 6.